The van der Waals surface area contributed by atoms with E-state index in [4.69, 9.17) is 4.98 Å². The van der Waals surface area contributed by atoms with E-state index in [0.29, 0.717) is 29.4 Å². The summed E-state index contributed by atoms with van der Waals surface area (Å²) in [7, 11) is 0. The van der Waals surface area contributed by atoms with Crippen molar-refractivity contribution in [1.82, 2.24) is 19.9 Å². The van der Waals surface area contributed by atoms with Crippen molar-refractivity contribution in [2.75, 3.05) is 10.6 Å². The van der Waals surface area contributed by atoms with Crippen LogP contribution in [-0.4, -0.2) is 32.5 Å². The number of hydrogen-bond donors (Lipinski definition) is 3. The van der Waals surface area contributed by atoms with Crippen LogP contribution in [0.5, 0.6) is 0 Å². The minimum Gasteiger partial charge on any atom is -0.367 e. The normalized spacial score (nSPS) is 17.9. The number of aryl methyl sites for hydroxylation is 1. The Morgan fingerprint density at radius 2 is 2.21 bits per heavy atom. The zero-order chi connectivity index (χ0) is 20.0. The van der Waals surface area contributed by atoms with E-state index in [9.17, 15) is 9.59 Å². The number of amides is 2. The topological polar surface area (TPSA) is 100 Å². The molecule has 3 N–H and O–H groups in total. The number of aromatic nitrogens is 3. The number of nitrogens with one attached hydrogen (secondary N) is 3. The van der Waals surface area contributed by atoms with Gasteiger partial charge in [-0.25, -0.2) is 4.98 Å². The molecule has 0 unspecified atom stereocenters. The SMILES string of the molecule is Cc1csc(CNc2cc(NC3CC3)n3ncc(C=C4CC(=O)NC4=O)c3n2)c1. The summed E-state index contributed by atoms with van der Waals surface area (Å²) in [5.41, 5.74) is 3.02. The Balaban J connectivity index is 1.50. The molecule has 2 amide bonds. The van der Waals surface area contributed by atoms with Gasteiger partial charge >= 0.3 is 0 Å². The standard InChI is InChI=1S/C20H20N6O2S/c1-11-4-15(29-10-11)9-21-16-7-17(23-14-2-3-14)26-19(24-16)13(8-22-26)5-12-6-18(27)25-20(12)28/h4-5,7-8,10,14,23H,2-3,6,9H2,1H3,(H,21,24)(H,25,27,28). The second-order valence-electron chi connectivity index (χ2n) is 7.45. The van der Waals surface area contributed by atoms with E-state index in [0.717, 1.165) is 24.5 Å². The number of carbonyl (C=O) groups excluding carboxylic acids is 2. The number of fused-ring (bicyclic) bond motifs is 1. The van der Waals surface area contributed by atoms with Crippen LogP contribution in [0.4, 0.5) is 11.6 Å². The molecule has 0 bridgehead atoms. The van der Waals surface area contributed by atoms with Crippen LogP contribution in [0, 0.1) is 6.92 Å². The quantitative estimate of drug-likeness (QED) is 0.428. The van der Waals surface area contributed by atoms with Crippen LogP contribution in [0.15, 0.2) is 29.3 Å². The number of nitrogens with zero attached hydrogens (tertiary/aromatic N) is 3. The maximum Gasteiger partial charge on any atom is 0.254 e. The van der Waals surface area contributed by atoms with E-state index < -0.39 is 0 Å². The van der Waals surface area contributed by atoms with E-state index in [2.05, 4.69) is 39.4 Å². The first kappa shape index (κ1) is 17.9. The molecule has 1 saturated heterocycles. The van der Waals surface area contributed by atoms with Crippen molar-refractivity contribution >= 4 is 46.5 Å². The predicted octanol–water partition coefficient (Wildman–Crippen LogP) is 2.72. The fourth-order valence-corrected chi connectivity index (χ4v) is 4.10. The molecule has 1 aliphatic carbocycles. The van der Waals surface area contributed by atoms with E-state index in [-0.39, 0.29) is 18.2 Å². The second kappa shape index (κ2) is 7.00. The highest BCUT2D eigenvalue weighted by Crippen LogP contribution is 2.28. The second-order valence-corrected chi connectivity index (χ2v) is 8.44. The molecular formula is C20H20N6O2S. The number of carbonyl (C=O) groups is 2. The highest BCUT2D eigenvalue weighted by Gasteiger charge is 2.25. The molecule has 148 valence electrons. The van der Waals surface area contributed by atoms with Gasteiger partial charge in [0.25, 0.3) is 5.91 Å². The molecule has 0 aromatic carbocycles. The van der Waals surface area contributed by atoms with E-state index in [1.54, 1.807) is 28.1 Å². The fraction of sp³-hybridized carbons (Fsp3) is 0.300. The van der Waals surface area contributed by atoms with Gasteiger partial charge in [-0.1, -0.05) is 0 Å². The van der Waals surface area contributed by atoms with Crippen molar-refractivity contribution in [1.29, 1.82) is 0 Å². The van der Waals surface area contributed by atoms with Crippen LogP contribution >= 0.6 is 11.3 Å². The molecule has 9 heteroatoms. The number of imide groups is 1. The van der Waals surface area contributed by atoms with Crippen LogP contribution < -0.4 is 16.0 Å². The Kier molecular flexibility index (Phi) is 4.31. The highest BCUT2D eigenvalue weighted by molar-refractivity contribution is 7.10. The van der Waals surface area contributed by atoms with E-state index in [1.807, 2.05) is 6.07 Å². The smallest absolute Gasteiger partial charge is 0.254 e. The van der Waals surface area contributed by atoms with Gasteiger partial charge in [-0.15, -0.1) is 11.3 Å². The summed E-state index contributed by atoms with van der Waals surface area (Å²) >= 11 is 1.71. The zero-order valence-electron chi connectivity index (χ0n) is 15.9. The van der Waals surface area contributed by atoms with Gasteiger partial charge in [-0.2, -0.15) is 9.61 Å². The third-order valence-corrected chi connectivity index (χ3v) is 5.94. The van der Waals surface area contributed by atoms with E-state index in [1.165, 1.54) is 10.4 Å². The summed E-state index contributed by atoms with van der Waals surface area (Å²) in [4.78, 5) is 29.4. The Labute approximate surface area is 171 Å². The third-order valence-electron chi connectivity index (χ3n) is 4.88. The molecule has 2 aliphatic rings. The maximum absolute atomic E-state index is 11.9. The van der Waals surface area contributed by atoms with Crippen molar-refractivity contribution in [2.45, 2.75) is 38.8 Å². The molecule has 1 saturated carbocycles. The summed E-state index contributed by atoms with van der Waals surface area (Å²) in [6.07, 6.45) is 5.74. The molecule has 0 radical (unpaired) electrons. The number of anilines is 2. The van der Waals surface area contributed by atoms with Crippen LogP contribution in [0.1, 0.15) is 35.3 Å². The molecular weight excluding hydrogens is 388 g/mol. The first-order chi connectivity index (χ1) is 14.0. The van der Waals surface area contributed by atoms with Crippen molar-refractivity contribution in [3.63, 3.8) is 0 Å². The lowest BCUT2D eigenvalue weighted by Gasteiger charge is -2.11. The summed E-state index contributed by atoms with van der Waals surface area (Å²) in [5, 5.41) is 15.8. The van der Waals surface area contributed by atoms with Gasteiger partial charge in [0.1, 0.15) is 11.6 Å². The fourth-order valence-electron chi connectivity index (χ4n) is 3.28. The van der Waals surface area contributed by atoms with Crippen molar-refractivity contribution in [3.8, 4) is 0 Å². The number of thiophene rings is 1. The molecule has 29 heavy (non-hydrogen) atoms. The zero-order valence-corrected chi connectivity index (χ0v) is 16.7. The third kappa shape index (κ3) is 3.73. The molecule has 3 aromatic heterocycles. The van der Waals surface area contributed by atoms with Crippen molar-refractivity contribution in [2.24, 2.45) is 0 Å². The van der Waals surface area contributed by atoms with Crippen LogP contribution in [-0.2, 0) is 16.1 Å². The van der Waals surface area contributed by atoms with Gasteiger partial charge in [0.05, 0.1) is 19.2 Å². The predicted molar refractivity (Wildman–Crippen MR) is 112 cm³/mol. The lowest BCUT2D eigenvalue weighted by molar-refractivity contribution is -0.124. The molecule has 2 fully saturated rings. The molecule has 0 atom stereocenters. The Bertz CT molecular complexity index is 1160. The first-order valence-corrected chi connectivity index (χ1v) is 10.4. The van der Waals surface area contributed by atoms with Gasteiger partial charge in [-0.3, -0.25) is 14.9 Å². The summed E-state index contributed by atoms with van der Waals surface area (Å²) < 4.78 is 1.75. The summed E-state index contributed by atoms with van der Waals surface area (Å²) in [6, 6.07) is 4.57. The number of rotatable bonds is 6. The average Bonchev–Trinajstić information content (AvgIpc) is 3.10. The molecule has 3 aromatic rings. The maximum atomic E-state index is 11.9. The lowest BCUT2D eigenvalue weighted by Crippen LogP contribution is -2.19. The monoisotopic (exact) mass is 408 g/mol. The molecule has 5 rings (SSSR count). The molecule has 4 heterocycles. The van der Waals surface area contributed by atoms with Gasteiger partial charge < -0.3 is 10.6 Å². The summed E-state index contributed by atoms with van der Waals surface area (Å²) in [6.45, 7) is 2.77. The Morgan fingerprint density at radius 1 is 1.34 bits per heavy atom. The highest BCUT2D eigenvalue weighted by atomic mass is 32.1. The number of hydrogen-bond acceptors (Lipinski definition) is 7. The Hall–Kier alpha value is -3.20. The largest absolute Gasteiger partial charge is 0.367 e. The van der Waals surface area contributed by atoms with Crippen LogP contribution in [0.3, 0.4) is 0 Å². The minimum absolute atomic E-state index is 0.0824. The first-order valence-electron chi connectivity index (χ1n) is 9.53. The average molecular weight is 408 g/mol. The van der Waals surface area contributed by atoms with Gasteiger partial charge in [0, 0.05) is 28.1 Å². The van der Waals surface area contributed by atoms with Crippen LogP contribution in [0.2, 0.25) is 0 Å². The van der Waals surface area contributed by atoms with Gasteiger partial charge in [0.2, 0.25) is 5.91 Å². The molecule has 1 aliphatic heterocycles. The minimum atomic E-state index is -0.354. The van der Waals surface area contributed by atoms with Crippen molar-refractivity contribution in [3.05, 3.63) is 45.3 Å². The van der Waals surface area contributed by atoms with E-state index >= 15 is 0 Å². The summed E-state index contributed by atoms with van der Waals surface area (Å²) in [5.74, 6) is 0.959. The molecule has 0 spiro atoms. The Morgan fingerprint density at radius 3 is 2.90 bits per heavy atom. The van der Waals surface area contributed by atoms with Gasteiger partial charge in [-0.05, 0) is 42.9 Å². The van der Waals surface area contributed by atoms with Gasteiger partial charge in [0.15, 0.2) is 5.65 Å². The lowest BCUT2D eigenvalue weighted by atomic mass is 10.1. The van der Waals surface area contributed by atoms with Crippen LogP contribution in [0.25, 0.3) is 11.7 Å². The molecule has 8 nitrogen and oxygen atoms in total. The van der Waals surface area contributed by atoms with Crippen molar-refractivity contribution < 1.29 is 9.59 Å².